The Hall–Kier alpha value is -0.770. The van der Waals surface area contributed by atoms with Crippen LogP contribution in [0.4, 0.5) is 0 Å². The summed E-state index contributed by atoms with van der Waals surface area (Å²) < 4.78 is 2.20. The van der Waals surface area contributed by atoms with Crippen LogP contribution in [0.5, 0.6) is 0 Å². The Morgan fingerprint density at radius 3 is 2.74 bits per heavy atom. The number of benzene rings is 1. The first kappa shape index (κ1) is 14.6. The molecule has 1 atom stereocenters. The molecule has 3 nitrogen and oxygen atoms in total. The number of imidazole rings is 1. The summed E-state index contributed by atoms with van der Waals surface area (Å²) in [4.78, 5) is 6.78. The molecule has 0 aliphatic rings. The maximum atomic E-state index is 6.23. The molecule has 1 aromatic carbocycles. The monoisotopic (exact) mass is 299 g/mol. The average Bonchev–Trinajstić information content (AvgIpc) is 2.67. The van der Waals surface area contributed by atoms with Crippen molar-refractivity contribution in [2.45, 2.75) is 25.3 Å². The molecule has 0 saturated carbocycles. The Kier molecular flexibility index (Phi) is 4.71. The van der Waals surface area contributed by atoms with Gasteiger partial charge in [0.05, 0.1) is 16.4 Å². The first-order valence-corrected chi connectivity index (χ1v) is 7.25. The highest BCUT2D eigenvalue weighted by molar-refractivity contribution is 6.31. The highest BCUT2D eigenvalue weighted by Crippen LogP contribution is 2.26. The van der Waals surface area contributed by atoms with Gasteiger partial charge in [-0.05, 0) is 52.2 Å². The van der Waals surface area contributed by atoms with Crippen LogP contribution < -0.4 is 0 Å². The van der Waals surface area contributed by atoms with Gasteiger partial charge in [-0.15, -0.1) is 11.6 Å². The average molecular weight is 300 g/mol. The Morgan fingerprint density at radius 1 is 1.37 bits per heavy atom. The molecule has 1 heterocycles. The molecular formula is C14H19Cl2N3. The van der Waals surface area contributed by atoms with E-state index in [4.69, 9.17) is 23.2 Å². The molecule has 5 heteroatoms. The van der Waals surface area contributed by atoms with Crippen molar-refractivity contribution in [3.8, 4) is 0 Å². The van der Waals surface area contributed by atoms with E-state index in [1.165, 1.54) is 0 Å². The maximum absolute atomic E-state index is 6.23. The lowest BCUT2D eigenvalue weighted by Gasteiger charge is -2.13. The molecule has 2 rings (SSSR count). The van der Waals surface area contributed by atoms with Gasteiger partial charge in [-0.3, -0.25) is 0 Å². The second kappa shape index (κ2) is 6.12. The number of rotatable bonds is 5. The summed E-state index contributed by atoms with van der Waals surface area (Å²) in [5, 5.41) is 0.602. The lowest BCUT2D eigenvalue weighted by Crippen LogP contribution is -2.16. The molecular weight excluding hydrogens is 281 g/mol. The molecule has 1 aromatic heterocycles. The number of fused-ring (bicyclic) bond motifs is 1. The van der Waals surface area contributed by atoms with E-state index in [1.807, 2.05) is 25.1 Å². The molecule has 0 aliphatic heterocycles. The summed E-state index contributed by atoms with van der Waals surface area (Å²) in [6.45, 7) is 3.92. The van der Waals surface area contributed by atoms with Crippen molar-refractivity contribution in [3.63, 3.8) is 0 Å². The van der Waals surface area contributed by atoms with Crippen molar-refractivity contribution in [3.05, 3.63) is 29.0 Å². The molecule has 0 fully saturated rings. The van der Waals surface area contributed by atoms with Crippen LogP contribution in [-0.4, -0.2) is 35.1 Å². The fraction of sp³-hybridized carbons (Fsp3) is 0.500. The zero-order valence-electron chi connectivity index (χ0n) is 11.5. The van der Waals surface area contributed by atoms with Gasteiger partial charge in [-0.1, -0.05) is 11.6 Å². The minimum Gasteiger partial charge on any atom is -0.327 e. The largest absolute Gasteiger partial charge is 0.327 e. The van der Waals surface area contributed by atoms with E-state index in [-0.39, 0.29) is 5.38 Å². The van der Waals surface area contributed by atoms with Crippen LogP contribution in [0.15, 0.2) is 18.2 Å². The molecule has 19 heavy (non-hydrogen) atoms. The van der Waals surface area contributed by atoms with Crippen LogP contribution in [0.25, 0.3) is 11.0 Å². The summed E-state index contributed by atoms with van der Waals surface area (Å²) in [6.07, 6.45) is 1.07. The Bertz CT molecular complexity index is 561. The molecule has 0 aliphatic carbocycles. The van der Waals surface area contributed by atoms with Crippen LogP contribution in [0.2, 0.25) is 5.02 Å². The van der Waals surface area contributed by atoms with Crippen molar-refractivity contribution < 1.29 is 0 Å². The van der Waals surface area contributed by atoms with Gasteiger partial charge in [0, 0.05) is 11.6 Å². The number of aryl methyl sites for hydroxylation is 1. The fourth-order valence-electron chi connectivity index (χ4n) is 2.21. The highest BCUT2D eigenvalue weighted by atomic mass is 35.5. The third-order valence-electron chi connectivity index (χ3n) is 3.08. The minimum absolute atomic E-state index is 0.106. The summed E-state index contributed by atoms with van der Waals surface area (Å²) in [7, 11) is 4.16. The Labute approximate surface area is 124 Å². The van der Waals surface area contributed by atoms with E-state index < -0.39 is 0 Å². The van der Waals surface area contributed by atoms with Crippen molar-refractivity contribution in [2.75, 3.05) is 20.6 Å². The van der Waals surface area contributed by atoms with Gasteiger partial charge in [0.1, 0.15) is 5.82 Å². The SMILES string of the molecule is CC(Cl)c1nc2cc(Cl)ccc2n1CCCN(C)C. The number of nitrogens with zero attached hydrogens (tertiary/aromatic N) is 3. The Morgan fingerprint density at radius 2 is 2.11 bits per heavy atom. The van der Waals surface area contributed by atoms with E-state index in [9.17, 15) is 0 Å². The Balaban J connectivity index is 2.35. The molecule has 0 amide bonds. The zero-order chi connectivity index (χ0) is 14.0. The predicted molar refractivity (Wildman–Crippen MR) is 82.2 cm³/mol. The van der Waals surface area contributed by atoms with E-state index in [0.717, 1.165) is 36.4 Å². The van der Waals surface area contributed by atoms with Crippen molar-refractivity contribution >= 4 is 34.2 Å². The maximum Gasteiger partial charge on any atom is 0.127 e. The molecule has 0 radical (unpaired) electrons. The lowest BCUT2D eigenvalue weighted by molar-refractivity contribution is 0.386. The molecule has 1 unspecified atom stereocenters. The van der Waals surface area contributed by atoms with Gasteiger partial charge in [-0.2, -0.15) is 0 Å². The second-order valence-corrected chi connectivity index (χ2v) is 6.12. The first-order chi connectivity index (χ1) is 8.99. The van der Waals surface area contributed by atoms with E-state index >= 15 is 0 Å². The van der Waals surface area contributed by atoms with Crippen molar-refractivity contribution in [1.29, 1.82) is 0 Å². The summed E-state index contributed by atoms with van der Waals surface area (Å²) in [5.41, 5.74) is 2.02. The van der Waals surface area contributed by atoms with Crippen LogP contribution in [-0.2, 0) is 6.54 Å². The van der Waals surface area contributed by atoms with Crippen LogP contribution in [0.1, 0.15) is 24.5 Å². The normalized spacial score (nSPS) is 13.4. The van der Waals surface area contributed by atoms with Crippen molar-refractivity contribution in [2.24, 2.45) is 0 Å². The van der Waals surface area contributed by atoms with E-state index in [0.29, 0.717) is 5.02 Å². The summed E-state index contributed by atoms with van der Waals surface area (Å²) >= 11 is 12.3. The smallest absolute Gasteiger partial charge is 0.127 e. The van der Waals surface area contributed by atoms with Crippen LogP contribution in [0.3, 0.4) is 0 Å². The zero-order valence-corrected chi connectivity index (χ0v) is 13.0. The minimum atomic E-state index is -0.106. The summed E-state index contributed by atoms with van der Waals surface area (Å²) in [5.74, 6) is 0.915. The third-order valence-corrected chi connectivity index (χ3v) is 3.51. The second-order valence-electron chi connectivity index (χ2n) is 5.03. The fourth-order valence-corrected chi connectivity index (χ4v) is 2.54. The molecule has 0 spiro atoms. The van der Waals surface area contributed by atoms with Gasteiger partial charge in [0.2, 0.25) is 0 Å². The van der Waals surface area contributed by atoms with Gasteiger partial charge in [-0.25, -0.2) is 4.98 Å². The van der Waals surface area contributed by atoms with Crippen LogP contribution >= 0.6 is 23.2 Å². The number of alkyl halides is 1. The van der Waals surface area contributed by atoms with Crippen LogP contribution in [0, 0.1) is 0 Å². The summed E-state index contributed by atoms with van der Waals surface area (Å²) in [6, 6.07) is 5.81. The number of hydrogen-bond acceptors (Lipinski definition) is 2. The van der Waals surface area contributed by atoms with Gasteiger partial charge in [0.15, 0.2) is 0 Å². The molecule has 2 aromatic rings. The topological polar surface area (TPSA) is 21.1 Å². The predicted octanol–water partition coefficient (Wildman–Crippen LogP) is 3.94. The number of halogens is 2. The molecule has 0 saturated heterocycles. The standard InChI is InChI=1S/C14H19Cl2N3/c1-10(15)14-17-12-9-11(16)5-6-13(12)19(14)8-4-7-18(2)3/h5-6,9-10H,4,7-8H2,1-3H3. The molecule has 104 valence electrons. The third kappa shape index (κ3) is 3.41. The molecule has 0 N–H and O–H groups in total. The van der Waals surface area contributed by atoms with E-state index in [1.54, 1.807) is 0 Å². The first-order valence-electron chi connectivity index (χ1n) is 6.43. The van der Waals surface area contributed by atoms with Gasteiger partial charge in [0.25, 0.3) is 0 Å². The lowest BCUT2D eigenvalue weighted by atomic mass is 10.3. The quantitative estimate of drug-likeness (QED) is 0.780. The van der Waals surface area contributed by atoms with E-state index in [2.05, 4.69) is 28.5 Å². The van der Waals surface area contributed by atoms with Crippen molar-refractivity contribution in [1.82, 2.24) is 14.5 Å². The van der Waals surface area contributed by atoms with Gasteiger partial charge >= 0.3 is 0 Å². The van der Waals surface area contributed by atoms with Gasteiger partial charge < -0.3 is 9.47 Å². The number of aromatic nitrogens is 2. The number of hydrogen-bond donors (Lipinski definition) is 0. The molecule has 0 bridgehead atoms. The highest BCUT2D eigenvalue weighted by Gasteiger charge is 2.14.